The number of nitrogens with zero attached hydrogens (tertiary/aromatic N) is 2. The predicted molar refractivity (Wildman–Crippen MR) is 126 cm³/mol. The number of halogens is 3. The van der Waals surface area contributed by atoms with Crippen LogP contribution in [-0.2, 0) is 23.8 Å². The Bertz CT molecular complexity index is 1270. The number of aliphatic imine (C=N–C) groups is 1. The van der Waals surface area contributed by atoms with Crippen LogP contribution in [0.2, 0.25) is 0 Å². The number of fused-ring (bicyclic) bond motifs is 2. The minimum atomic E-state index is -4.70. The lowest BCUT2D eigenvalue weighted by molar-refractivity contribution is -0.161. The van der Waals surface area contributed by atoms with Gasteiger partial charge in [0.2, 0.25) is 5.88 Å². The third-order valence-electron chi connectivity index (χ3n) is 7.08. The van der Waals surface area contributed by atoms with E-state index in [2.05, 4.69) is 21.1 Å². The quantitative estimate of drug-likeness (QED) is 0.497. The van der Waals surface area contributed by atoms with Crippen LogP contribution in [0.5, 0.6) is 0 Å². The van der Waals surface area contributed by atoms with Crippen molar-refractivity contribution in [3.8, 4) is 0 Å². The van der Waals surface area contributed by atoms with Gasteiger partial charge in [0, 0.05) is 0 Å². The van der Waals surface area contributed by atoms with Gasteiger partial charge >= 0.3 is 6.18 Å². The molecule has 10 nitrogen and oxygen atoms in total. The number of nitrogens with one attached hydrogen (secondary N) is 3. The Balaban J connectivity index is 1.45. The maximum absolute atomic E-state index is 14.2. The summed E-state index contributed by atoms with van der Waals surface area (Å²) >= 11 is 0. The first-order chi connectivity index (χ1) is 18.3. The summed E-state index contributed by atoms with van der Waals surface area (Å²) < 4.78 is 59.1. The average molecular weight is 531 g/mol. The lowest BCUT2D eigenvalue weighted by atomic mass is 9.89. The summed E-state index contributed by atoms with van der Waals surface area (Å²) in [7, 11) is 1.49. The van der Waals surface area contributed by atoms with E-state index in [1.807, 2.05) is 0 Å². The van der Waals surface area contributed by atoms with Crippen LogP contribution in [-0.4, -0.2) is 79.4 Å². The SMILES string of the molecule is COC1=CC=CC2O/C(=C3/C(=O)N4NC(C(F)(F)F)C(c5ccccc5)C4N=C3C(=O)NC3COC3)NC12. The van der Waals surface area contributed by atoms with E-state index >= 15 is 0 Å². The Morgan fingerprint density at radius 3 is 2.66 bits per heavy atom. The van der Waals surface area contributed by atoms with Crippen LogP contribution in [0.25, 0.3) is 0 Å². The van der Waals surface area contributed by atoms with E-state index in [-0.39, 0.29) is 36.4 Å². The average Bonchev–Trinajstić information content (AvgIpc) is 3.48. The van der Waals surface area contributed by atoms with E-state index < -0.39 is 48.3 Å². The van der Waals surface area contributed by atoms with Crippen LogP contribution < -0.4 is 16.1 Å². The van der Waals surface area contributed by atoms with E-state index in [1.165, 1.54) is 7.11 Å². The summed E-state index contributed by atoms with van der Waals surface area (Å²) in [6, 6.07) is 5.11. The van der Waals surface area contributed by atoms with Crippen molar-refractivity contribution in [2.24, 2.45) is 4.99 Å². The summed E-state index contributed by atoms with van der Waals surface area (Å²) in [6.45, 7) is 0.564. The lowest BCUT2D eigenvalue weighted by Gasteiger charge is -2.32. The Morgan fingerprint density at radius 2 is 2.00 bits per heavy atom. The molecule has 5 atom stereocenters. The number of ether oxygens (including phenoxy) is 3. The van der Waals surface area contributed by atoms with Crippen LogP contribution in [0.15, 0.2) is 70.8 Å². The molecule has 0 radical (unpaired) electrons. The monoisotopic (exact) mass is 531 g/mol. The zero-order chi connectivity index (χ0) is 26.6. The van der Waals surface area contributed by atoms with Crippen molar-refractivity contribution in [1.29, 1.82) is 0 Å². The number of methoxy groups -OCH3 is 1. The van der Waals surface area contributed by atoms with Gasteiger partial charge in [0.15, 0.2) is 0 Å². The molecule has 2 amide bonds. The summed E-state index contributed by atoms with van der Waals surface area (Å²) in [5, 5.41) is 6.64. The molecule has 5 unspecified atom stereocenters. The number of hydrogen-bond acceptors (Lipinski definition) is 8. The lowest BCUT2D eigenvalue weighted by Crippen LogP contribution is -2.55. The number of alkyl halides is 3. The normalized spacial score (nSPS) is 32.4. The first-order valence-electron chi connectivity index (χ1n) is 12.0. The standard InChI is InChI=1S/C25H24F3N5O5/c1-36-14-8-5-9-15-18(14)31-23(38-15)17-19(22(34)29-13-10-37-11-13)30-21-16(12-6-3-2-4-7-12)20(25(26,27)28)32-33(21)24(17)35/h2-9,13,15-16,18,20-21,31-32H,10-11H2,1H3,(H,29,34)/b23-17+. The maximum Gasteiger partial charge on any atom is 0.406 e. The van der Waals surface area contributed by atoms with E-state index in [9.17, 15) is 22.8 Å². The second-order valence-corrected chi connectivity index (χ2v) is 9.43. The summed E-state index contributed by atoms with van der Waals surface area (Å²) in [5.74, 6) is -2.38. The largest absolute Gasteiger partial charge is 0.499 e. The van der Waals surface area contributed by atoms with Crippen LogP contribution in [0, 0.1) is 0 Å². The fourth-order valence-corrected chi connectivity index (χ4v) is 5.18. The highest BCUT2D eigenvalue weighted by Crippen LogP contribution is 2.43. The van der Waals surface area contributed by atoms with Crippen molar-refractivity contribution in [2.75, 3.05) is 20.3 Å². The van der Waals surface area contributed by atoms with E-state index in [4.69, 9.17) is 14.2 Å². The molecule has 1 aromatic rings. The van der Waals surface area contributed by atoms with Crippen molar-refractivity contribution in [3.05, 3.63) is 71.3 Å². The molecule has 4 aliphatic heterocycles. The highest BCUT2D eigenvalue weighted by Gasteiger charge is 2.59. The Kier molecular flexibility index (Phi) is 5.91. The van der Waals surface area contributed by atoms with Gasteiger partial charge in [-0.15, -0.1) is 0 Å². The Morgan fingerprint density at radius 1 is 1.24 bits per heavy atom. The van der Waals surface area contributed by atoms with Crippen LogP contribution >= 0.6 is 0 Å². The molecule has 38 heavy (non-hydrogen) atoms. The maximum atomic E-state index is 14.2. The second-order valence-electron chi connectivity index (χ2n) is 9.43. The van der Waals surface area contributed by atoms with Gasteiger partial charge in [-0.1, -0.05) is 36.4 Å². The number of hydrogen-bond donors (Lipinski definition) is 3. The summed E-state index contributed by atoms with van der Waals surface area (Å²) in [4.78, 5) is 31.7. The fourth-order valence-electron chi connectivity index (χ4n) is 5.18. The van der Waals surface area contributed by atoms with E-state index in [0.29, 0.717) is 11.3 Å². The molecule has 13 heteroatoms. The van der Waals surface area contributed by atoms with Crippen LogP contribution in [0.1, 0.15) is 11.5 Å². The first-order valence-corrected chi connectivity index (χ1v) is 12.0. The van der Waals surface area contributed by atoms with Gasteiger partial charge in [-0.3, -0.25) is 14.6 Å². The molecule has 3 saturated heterocycles. The van der Waals surface area contributed by atoms with Gasteiger partial charge in [0.05, 0.1) is 32.3 Å². The summed E-state index contributed by atoms with van der Waals surface area (Å²) in [6.07, 6.45) is -1.38. The van der Waals surface area contributed by atoms with Gasteiger partial charge in [-0.05, 0) is 17.7 Å². The van der Waals surface area contributed by atoms with Crippen molar-refractivity contribution in [1.82, 2.24) is 21.1 Å². The van der Waals surface area contributed by atoms with Crippen molar-refractivity contribution < 1.29 is 37.0 Å². The molecule has 3 fully saturated rings. The molecule has 5 aliphatic rings. The molecule has 0 aromatic heterocycles. The minimum Gasteiger partial charge on any atom is -0.499 e. The number of carbonyl (C=O) groups excluding carboxylic acids is 2. The van der Waals surface area contributed by atoms with Gasteiger partial charge < -0.3 is 24.8 Å². The molecule has 200 valence electrons. The third-order valence-corrected chi connectivity index (χ3v) is 7.08. The Hall–Kier alpha value is -3.84. The predicted octanol–water partition coefficient (Wildman–Crippen LogP) is 1.01. The molecule has 3 N–H and O–H groups in total. The highest BCUT2D eigenvalue weighted by atomic mass is 19.4. The van der Waals surface area contributed by atoms with Crippen LogP contribution in [0.4, 0.5) is 13.2 Å². The molecule has 0 bridgehead atoms. The number of benzene rings is 1. The zero-order valence-corrected chi connectivity index (χ0v) is 20.1. The highest BCUT2D eigenvalue weighted by molar-refractivity contribution is 6.52. The van der Waals surface area contributed by atoms with E-state index in [0.717, 1.165) is 5.01 Å². The fraction of sp³-hybridized carbons (Fsp3) is 0.400. The second kappa shape index (κ2) is 9.17. The number of amides is 2. The molecule has 1 aliphatic carbocycles. The van der Waals surface area contributed by atoms with Gasteiger partial charge in [-0.2, -0.15) is 13.2 Å². The van der Waals surface area contributed by atoms with Crippen molar-refractivity contribution in [2.45, 2.75) is 42.5 Å². The molecule has 4 heterocycles. The van der Waals surface area contributed by atoms with Gasteiger partial charge in [0.1, 0.15) is 41.4 Å². The topological polar surface area (TPSA) is 114 Å². The first kappa shape index (κ1) is 24.5. The Labute approximate surface area is 215 Å². The number of rotatable bonds is 4. The molecular formula is C25H24F3N5O5. The molecule has 0 spiro atoms. The third kappa shape index (κ3) is 4.02. The van der Waals surface area contributed by atoms with Crippen molar-refractivity contribution in [3.63, 3.8) is 0 Å². The number of carbonyl (C=O) groups is 2. The zero-order valence-electron chi connectivity index (χ0n) is 20.1. The number of hydrazine groups is 1. The molecule has 1 aromatic carbocycles. The van der Waals surface area contributed by atoms with Gasteiger partial charge in [0.25, 0.3) is 11.8 Å². The van der Waals surface area contributed by atoms with Gasteiger partial charge in [-0.25, -0.2) is 10.4 Å². The summed E-state index contributed by atoms with van der Waals surface area (Å²) in [5.41, 5.74) is 2.08. The molecule has 0 saturated carbocycles. The molecule has 6 rings (SSSR count). The van der Waals surface area contributed by atoms with Crippen LogP contribution in [0.3, 0.4) is 0 Å². The smallest absolute Gasteiger partial charge is 0.406 e. The molecular weight excluding hydrogens is 507 g/mol. The minimum absolute atomic E-state index is 0.0646. The number of allylic oxidation sites excluding steroid dienone is 2. The van der Waals surface area contributed by atoms with E-state index in [1.54, 1.807) is 48.6 Å². The van der Waals surface area contributed by atoms with Crippen molar-refractivity contribution >= 4 is 17.5 Å².